The van der Waals surface area contributed by atoms with Gasteiger partial charge in [-0.05, 0) is 19.3 Å². The van der Waals surface area contributed by atoms with Crippen LogP contribution in [0.2, 0.25) is 0 Å². The average molecular weight is 169 g/mol. The van der Waals surface area contributed by atoms with Crippen LogP contribution in [0, 0.1) is 0 Å². The lowest BCUT2D eigenvalue weighted by molar-refractivity contribution is -0.149. The lowest BCUT2D eigenvalue weighted by atomic mass is 9.87. The Kier molecular flexibility index (Phi) is 1.41. The van der Waals surface area contributed by atoms with Crippen molar-refractivity contribution in [2.75, 3.05) is 0 Å². The molecule has 1 aliphatic carbocycles. The fourth-order valence-corrected chi connectivity index (χ4v) is 1.82. The van der Waals surface area contributed by atoms with Crippen molar-refractivity contribution >= 4 is 5.97 Å². The number of hydrogen-bond acceptors (Lipinski definition) is 4. The highest BCUT2D eigenvalue weighted by Gasteiger charge is 2.46. The summed E-state index contributed by atoms with van der Waals surface area (Å²) in [4.78, 5) is 10.9. The van der Waals surface area contributed by atoms with Gasteiger partial charge in [-0.2, -0.15) is 0 Å². The molecule has 2 aliphatic rings. The molecule has 1 aliphatic heterocycles. The Morgan fingerprint density at radius 3 is 2.92 bits per heavy atom. The monoisotopic (exact) mass is 169 g/mol. The number of fused-ring (bicyclic) bond motifs is 1. The highest BCUT2D eigenvalue weighted by Crippen LogP contribution is 2.38. The van der Waals surface area contributed by atoms with Crippen LogP contribution in [0.15, 0.2) is 11.3 Å². The van der Waals surface area contributed by atoms with Gasteiger partial charge in [-0.25, -0.2) is 4.79 Å². The SMILES string of the molecule is NC12CCCCC1=C(O)C(=O)O2. The van der Waals surface area contributed by atoms with Crippen LogP contribution in [-0.4, -0.2) is 16.8 Å². The summed E-state index contributed by atoms with van der Waals surface area (Å²) in [6.45, 7) is 0. The van der Waals surface area contributed by atoms with Gasteiger partial charge >= 0.3 is 5.97 Å². The second-order valence-electron chi connectivity index (χ2n) is 3.31. The van der Waals surface area contributed by atoms with E-state index >= 15 is 0 Å². The van der Waals surface area contributed by atoms with Gasteiger partial charge in [-0.3, -0.25) is 5.73 Å². The molecule has 0 aromatic rings. The number of hydrogen-bond donors (Lipinski definition) is 2. The molecule has 0 spiro atoms. The molecule has 2 rings (SSSR count). The van der Waals surface area contributed by atoms with Crippen LogP contribution in [0.5, 0.6) is 0 Å². The number of carbonyl (C=O) groups excluding carboxylic acids is 1. The third kappa shape index (κ3) is 0.845. The van der Waals surface area contributed by atoms with Crippen LogP contribution in [0.3, 0.4) is 0 Å². The Morgan fingerprint density at radius 2 is 2.25 bits per heavy atom. The van der Waals surface area contributed by atoms with Crippen LogP contribution in [0.4, 0.5) is 0 Å². The fraction of sp³-hybridized carbons (Fsp3) is 0.625. The minimum Gasteiger partial charge on any atom is -0.502 e. The van der Waals surface area contributed by atoms with Crippen molar-refractivity contribution < 1.29 is 14.6 Å². The van der Waals surface area contributed by atoms with Gasteiger partial charge in [0.1, 0.15) is 0 Å². The zero-order valence-electron chi connectivity index (χ0n) is 6.67. The van der Waals surface area contributed by atoms with Gasteiger partial charge in [0.2, 0.25) is 5.76 Å². The first-order chi connectivity index (χ1) is 5.63. The summed E-state index contributed by atoms with van der Waals surface area (Å²) < 4.78 is 4.88. The summed E-state index contributed by atoms with van der Waals surface area (Å²) in [6, 6.07) is 0. The van der Waals surface area contributed by atoms with Gasteiger partial charge < -0.3 is 9.84 Å². The van der Waals surface area contributed by atoms with Gasteiger partial charge in [0.05, 0.1) is 0 Å². The second kappa shape index (κ2) is 2.23. The topological polar surface area (TPSA) is 72.5 Å². The first-order valence-electron chi connectivity index (χ1n) is 4.08. The predicted molar refractivity (Wildman–Crippen MR) is 41.1 cm³/mol. The van der Waals surface area contributed by atoms with E-state index in [0.29, 0.717) is 18.4 Å². The largest absolute Gasteiger partial charge is 0.502 e. The van der Waals surface area contributed by atoms with E-state index in [1.807, 2.05) is 0 Å². The van der Waals surface area contributed by atoms with Crippen molar-refractivity contribution in [1.29, 1.82) is 0 Å². The van der Waals surface area contributed by atoms with Gasteiger partial charge in [0.25, 0.3) is 0 Å². The minimum absolute atomic E-state index is 0.266. The number of rotatable bonds is 0. The maximum atomic E-state index is 10.9. The van der Waals surface area contributed by atoms with E-state index < -0.39 is 11.7 Å². The Morgan fingerprint density at radius 1 is 1.50 bits per heavy atom. The second-order valence-corrected chi connectivity index (χ2v) is 3.31. The average Bonchev–Trinajstić information content (AvgIpc) is 2.24. The minimum atomic E-state index is -0.987. The molecule has 12 heavy (non-hydrogen) atoms. The molecule has 1 atom stereocenters. The molecule has 0 radical (unpaired) electrons. The molecule has 66 valence electrons. The van der Waals surface area contributed by atoms with E-state index in [4.69, 9.17) is 10.5 Å². The summed E-state index contributed by atoms with van der Waals surface area (Å²) >= 11 is 0. The molecule has 4 nitrogen and oxygen atoms in total. The number of nitrogens with two attached hydrogens (primary N) is 1. The maximum absolute atomic E-state index is 10.9. The Hall–Kier alpha value is -1.03. The van der Waals surface area contributed by atoms with Gasteiger partial charge in [0, 0.05) is 12.0 Å². The molecule has 0 aromatic carbocycles. The Bertz CT molecular complexity index is 271. The molecule has 4 heteroatoms. The fourth-order valence-electron chi connectivity index (χ4n) is 1.82. The quantitative estimate of drug-likeness (QED) is 0.520. The van der Waals surface area contributed by atoms with E-state index in [1.165, 1.54) is 0 Å². The summed E-state index contributed by atoms with van der Waals surface area (Å²) in [7, 11) is 0. The van der Waals surface area contributed by atoms with E-state index in [9.17, 15) is 9.90 Å². The first kappa shape index (κ1) is 7.61. The number of aliphatic hydroxyl groups excluding tert-OH is 1. The van der Waals surface area contributed by atoms with E-state index in [1.54, 1.807) is 0 Å². The third-order valence-corrected chi connectivity index (χ3v) is 2.49. The van der Waals surface area contributed by atoms with Crippen molar-refractivity contribution in [2.45, 2.75) is 31.4 Å². The Labute approximate surface area is 70.0 Å². The maximum Gasteiger partial charge on any atom is 0.375 e. The van der Waals surface area contributed by atoms with E-state index in [0.717, 1.165) is 12.8 Å². The molecule has 0 bridgehead atoms. The number of aliphatic hydroxyl groups is 1. The molecule has 3 N–H and O–H groups in total. The highest BCUT2D eigenvalue weighted by molar-refractivity contribution is 5.90. The van der Waals surface area contributed by atoms with E-state index in [-0.39, 0.29) is 5.76 Å². The normalized spacial score (nSPS) is 34.9. The van der Waals surface area contributed by atoms with Crippen LogP contribution in [0.25, 0.3) is 0 Å². The van der Waals surface area contributed by atoms with Crippen molar-refractivity contribution in [3.8, 4) is 0 Å². The first-order valence-corrected chi connectivity index (χ1v) is 4.08. The molecule has 1 unspecified atom stereocenters. The number of esters is 1. The molecular weight excluding hydrogens is 158 g/mol. The molecule has 0 saturated heterocycles. The van der Waals surface area contributed by atoms with Crippen LogP contribution >= 0.6 is 0 Å². The summed E-state index contributed by atoms with van der Waals surface area (Å²) in [6.07, 6.45) is 3.21. The summed E-state index contributed by atoms with van der Waals surface area (Å²) in [5.74, 6) is -0.938. The number of carbonyl (C=O) groups is 1. The lowest BCUT2D eigenvalue weighted by Gasteiger charge is -2.29. The predicted octanol–water partition coefficient (Wildman–Crippen LogP) is 0.584. The number of ether oxygens (including phenoxy) is 1. The zero-order valence-corrected chi connectivity index (χ0v) is 6.67. The Balaban J connectivity index is 2.40. The molecule has 1 saturated carbocycles. The molecular formula is C8H11NO3. The van der Waals surface area contributed by atoms with Crippen molar-refractivity contribution in [1.82, 2.24) is 0 Å². The third-order valence-electron chi connectivity index (χ3n) is 2.49. The van der Waals surface area contributed by atoms with Crippen LogP contribution < -0.4 is 5.73 Å². The van der Waals surface area contributed by atoms with E-state index in [2.05, 4.69) is 0 Å². The zero-order chi connectivity index (χ0) is 8.77. The summed E-state index contributed by atoms with van der Waals surface area (Å²) in [5.41, 5.74) is 5.38. The highest BCUT2D eigenvalue weighted by atomic mass is 16.6. The van der Waals surface area contributed by atoms with Crippen molar-refractivity contribution in [2.24, 2.45) is 5.73 Å². The summed E-state index contributed by atoms with van der Waals surface area (Å²) in [5, 5.41) is 9.28. The van der Waals surface area contributed by atoms with Crippen molar-refractivity contribution in [3.05, 3.63) is 11.3 Å². The molecule has 1 heterocycles. The smallest absolute Gasteiger partial charge is 0.375 e. The van der Waals surface area contributed by atoms with Gasteiger partial charge in [-0.1, -0.05) is 0 Å². The van der Waals surface area contributed by atoms with Crippen LogP contribution in [0.1, 0.15) is 25.7 Å². The molecule has 1 fully saturated rings. The molecule has 0 aromatic heterocycles. The van der Waals surface area contributed by atoms with Gasteiger partial charge in [-0.15, -0.1) is 0 Å². The standard InChI is InChI=1S/C8H11NO3/c9-8-4-2-1-3-5(8)6(10)7(11)12-8/h10H,1-4,9H2. The lowest BCUT2D eigenvalue weighted by Crippen LogP contribution is -2.44. The van der Waals surface area contributed by atoms with Crippen molar-refractivity contribution in [3.63, 3.8) is 0 Å². The van der Waals surface area contributed by atoms with Crippen LogP contribution in [-0.2, 0) is 9.53 Å². The molecule has 0 amide bonds. The van der Waals surface area contributed by atoms with Gasteiger partial charge in [0.15, 0.2) is 5.72 Å².